The van der Waals surface area contributed by atoms with E-state index in [0.29, 0.717) is 13.1 Å². The van der Waals surface area contributed by atoms with E-state index in [1.807, 2.05) is 47.1 Å². The van der Waals surface area contributed by atoms with Crippen molar-refractivity contribution in [3.05, 3.63) is 58.8 Å². The van der Waals surface area contributed by atoms with Crippen molar-refractivity contribution in [1.29, 1.82) is 0 Å². The maximum absolute atomic E-state index is 13.2. The van der Waals surface area contributed by atoms with Crippen molar-refractivity contribution in [3.63, 3.8) is 0 Å². The summed E-state index contributed by atoms with van der Waals surface area (Å²) in [6, 6.07) is 14.2. The molecule has 0 saturated carbocycles. The van der Waals surface area contributed by atoms with Crippen LogP contribution < -0.4 is 4.90 Å². The van der Waals surface area contributed by atoms with Crippen LogP contribution in [0.25, 0.3) is 0 Å². The first-order chi connectivity index (χ1) is 10.5. The molecule has 0 aliphatic heterocycles. The Hall–Kier alpha value is -1.15. The first kappa shape index (κ1) is 17.2. The zero-order valence-corrected chi connectivity index (χ0v) is 15.7. The van der Waals surface area contributed by atoms with Crippen LogP contribution in [0.2, 0.25) is 0 Å². The standard InChI is InChI=1S/C16H15BrFIN2O/c1-12(22)21(19)10-9-20(15-7-5-14(18)6-8-15)16-4-2-3-13(17)11-16/h2-8,11H,9-10H2,1H3. The fraction of sp³-hybridized carbons (Fsp3) is 0.188. The number of amides is 1. The van der Waals surface area contributed by atoms with Gasteiger partial charge in [0.1, 0.15) is 5.82 Å². The highest BCUT2D eigenvalue weighted by Gasteiger charge is 2.12. The Labute approximate surface area is 151 Å². The molecule has 0 saturated heterocycles. The smallest absolute Gasteiger partial charge is 0.228 e. The van der Waals surface area contributed by atoms with E-state index in [-0.39, 0.29) is 11.7 Å². The van der Waals surface area contributed by atoms with Crippen LogP contribution in [-0.2, 0) is 4.79 Å². The van der Waals surface area contributed by atoms with E-state index >= 15 is 0 Å². The highest BCUT2D eigenvalue weighted by atomic mass is 127. The third-order valence-electron chi connectivity index (χ3n) is 3.12. The lowest BCUT2D eigenvalue weighted by molar-refractivity contribution is -0.122. The molecule has 2 aromatic rings. The van der Waals surface area contributed by atoms with Crippen molar-refractivity contribution in [3.8, 4) is 0 Å². The largest absolute Gasteiger partial charge is 0.340 e. The van der Waals surface area contributed by atoms with Crippen LogP contribution in [0.5, 0.6) is 0 Å². The quantitative estimate of drug-likeness (QED) is 0.451. The minimum atomic E-state index is -0.266. The van der Waals surface area contributed by atoms with Crippen molar-refractivity contribution in [1.82, 2.24) is 3.11 Å². The molecule has 3 nitrogen and oxygen atoms in total. The number of anilines is 2. The second kappa shape index (κ2) is 7.92. The summed E-state index contributed by atoms with van der Waals surface area (Å²) >= 11 is 5.47. The van der Waals surface area contributed by atoms with E-state index in [1.54, 1.807) is 15.2 Å². The van der Waals surface area contributed by atoms with Crippen LogP contribution in [0.15, 0.2) is 53.0 Å². The number of rotatable bonds is 5. The molecule has 0 heterocycles. The molecule has 0 aromatic heterocycles. The molecule has 0 spiro atoms. The Morgan fingerprint density at radius 2 is 1.82 bits per heavy atom. The van der Waals surface area contributed by atoms with E-state index < -0.39 is 0 Å². The van der Waals surface area contributed by atoms with E-state index in [4.69, 9.17) is 0 Å². The van der Waals surface area contributed by atoms with Gasteiger partial charge in [0.2, 0.25) is 5.91 Å². The van der Waals surface area contributed by atoms with E-state index in [1.165, 1.54) is 19.1 Å². The molecule has 2 rings (SSSR count). The number of carbonyl (C=O) groups is 1. The van der Waals surface area contributed by atoms with Crippen molar-refractivity contribution in [2.45, 2.75) is 6.92 Å². The predicted octanol–water partition coefficient (Wildman–Crippen LogP) is 4.92. The normalized spacial score (nSPS) is 10.4. The molecule has 0 bridgehead atoms. The summed E-state index contributed by atoms with van der Waals surface area (Å²) in [6.07, 6.45) is 0. The lowest BCUT2D eigenvalue weighted by atomic mass is 10.2. The Morgan fingerprint density at radius 1 is 1.14 bits per heavy atom. The van der Waals surface area contributed by atoms with Gasteiger partial charge in [-0.15, -0.1) is 0 Å². The van der Waals surface area contributed by atoms with Crippen LogP contribution in [-0.4, -0.2) is 22.1 Å². The van der Waals surface area contributed by atoms with Crippen LogP contribution in [0.1, 0.15) is 6.92 Å². The Balaban J connectivity index is 2.28. The highest BCUT2D eigenvalue weighted by Crippen LogP contribution is 2.27. The second-order valence-corrected chi connectivity index (χ2v) is 6.79. The number of nitrogens with zero attached hydrogens (tertiary/aromatic N) is 2. The first-order valence-electron chi connectivity index (χ1n) is 6.70. The van der Waals surface area contributed by atoms with Crippen molar-refractivity contribution >= 4 is 56.1 Å². The van der Waals surface area contributed by atoms with Crippen LogP contribution in [0.3, 0.4) is 0 Å². The maximum atomic E-state index is 13.2. The summed E-state index contributed by atoms with van der Waals surface area (Å²) < 4.78 is 15.8. The van der Waals surface area contributed by atoms with Gasteiger partial charge in [0, 0.05) is 35.9 Å². The number of hydrogen-bond acceptors (Lipinski definition) is 2. The summed E-state index contributed by atoms with van der Waals surface area (Å²) in [5.74, 6) is -0.258. The minimum absolute atomic E-state index is 0.00824. The fourth-order valence-corrected chi connectivity index (χ4v) is 2.62. The number of benzene rings is 2. The zero-order chi connectivity index (χ0) is 16.1. The van der Waals surface area contributed by atoms with Gasteiger partial charge in [-0.05, 0) is 42.5 Å². The molecule has 0 aliphatic rings. The molecule has 2 aromatic carbocycles. The van der Waals surface area contributed by atoms with E-state index in [2.05, 4.69) is 20.8 Å². The third-order valence-corrected chi connectivity index (χ3v) is 4.77. The molecule has 0 fully saturated rings. The summed E-state index contributed by atoms with van der Waals surface area (Å²) in [5.41, 5.74) is 1.86. The average molecular weight is 477 g/mol. The van der Waals surface area contributed by atoms with Crippen LogP contribution >= 0.6 is 38.8 Å². The molecule has 6 heteroatoms. The van der Waals surface area contributed by atoms with Gasteiger partial charge in [0.25, 0.3) is 0 Å². The maximum Gasteiger partial charge on any atom is 0.228 e. The zero-order valence-electron chi connectivity index (χ0n) is 12.0. The molecule has 0 N–H and O–H groups in total. The Morgan fingerprint density at radius 3 is 2.41 bits per heavy atom. The van der Waals surface area contributed by atoms with Gasteiger partial charge in [-0.1, -0.05) is 22.0 Å². The minimum Gasteiger partial charge on any atom is -0.340 e. The molecule has 0 aliphatic carbocycles. The van der Waals surface area contributed by atoms with Gasteiger partial charge in [0.15, 0.2) is 0 Å². The molecule has 116 valence electrons. The third kappa shape index (κ3) is 4.67. The van der Waals surface area contributed by atoms with Gasteiger partial charge < -0.3 is 4.90 Å². The molecule has 0 atom stereocenters. The van der Waals surface area contributed by atoms with E-state index in [0.717, 1.165) is 15.8 Å². The van der Waals surface area contributed by atoms with Crippen molar-refractivity contribution in [2.75, 3.05) is 18.0 Å². The number of halogens is 3. The lowest BCUT2D eigenvalue weighted by Crippen LogP contribution is -2.29. The number of carbonyl (C=O) groups excluding carboxylic acids is 1. The summed E-state index contributed by atoms with van der Waals surface area (Å²) in [5, 5.41) is 0. The molecule has 0 unspecified atom stereocenters. The molecule has 22 heavy (non-hydrogen) atoms. The Kier molecular flexibility index (Phi) is 6.19. The second-order valence-electron chi connectivity index (χ2n) is 4.71. The molecule has 0 radical (unpaired) electrons. The van der Waals surface area contributed by atoms with Gasteiger partial charge in [0.05, 0.1) is 22.9 Å². The molecular formula is C16H15BrFIN2O. The number of hydrogen-bond donors (Lipinski definition) is 0. The highest BCUT2D eigenvalue weighted by molar-refractivity contribution is 14.1. The Bertz CT molecular complexity index is 651. The van der Waals surface area contributed by atoms with Gasteiger partial charge in [-0.3, -0.25) is 7.91 Å². The average Bonchev–Trinajstić information content (AvgIpc) is 2.49. The molecule has 1 amide bonds. The molecular weight excluding hydrogens is 462 g/mol. The van der Waals surface area contributed by atoms with Crippen molar-refractivity contribution < 1.29 is 9.18 Å². The lowest BCUT2D eigenvalue weighted by Gasteiger charge is -2.27. The summed E-state index contributed by atoms with van der Waals surface area (Å²) in [7, 11) is 0. The fourth-order valence-electron chi connectivity index (χ4n) is 2.02. The van der Waals surface area contributed by atoms with Crippen LogP contribution in [0.4, 0.5) is 15.8 Å². The topological polar surface area (TPSA) is 23.6 Å². The van der Waals surface area contributed by atoms with E-state index in [9.17, 15) is 9.18 Å². The van der Waals surface area contributed by atoms with Gasteiger partial charge >= 0.3 is 0 Å². The summed E-state index contributed by atoms with van der Waals surface area (Å²) in [6.45, 7) is 2.72. The van der Waals surface area contributed by atoms with Gasteiger partial charge in [-0.2, -0.15) is 0 Å². The predicted molar refractivity (Wildman–Crippen MR) is 99.0 cm³/mol. The first-order valence-corrected chi connectivity index (χ1v) is 8.45. The van der Waals surface area contributed by atoms with Crippen LogP contribution in [0, 0.1) is 5.82 Å². The summed E-state index contributed by atoms with van der Waals surface area (Å²) in [4.78, 5) is 13.4. The SMILES string of the molecule is CC(=O)N(I)CCN(c1ccc(F)cc1)c1cccc(Br)c1. The monoisotopic (exact) mass is 476 g/mol. The van der Waals surface area contributed by atoms with Gasteiger partial charge in [-0.25, -0.2) is 4.39 Å². The van der Waals surface area contributed by atoms with Crippen molar-refractivity contribution in [2.24, 2.45) is 0 Å².